The summed E-state index contributed by atoms with van der Waals surface area (Å²) in [6, 6.07) is 7.95. The van der Waals surface area contributed by atoms with Gasteiger partial charge in [-0.15, -0.1) is 0 Å². The summed E-state index contributed by atoms with van der Waals surface area (Å²) < 4.78 is 19.1. The number of aromatic nitrogens is 2. The van der Waals surface area contributed by atoms with Gasteiger partial charge >= 0.3 is 0 Å². The maximum atomic E-state index is 13.5. The Bertz CT molecular complexity index is 1320. The lowest BCUT2D eigenvalue weighted by Crippen LogP contribution is -2.38. The van der Waals surface area contributed by atoms with Gasteiger partial charge in [-0.2, -0.15) is 0 Å². The Hall–Kier alpha value is -3.41. The number of hydroxylamine groups is 1. The van der Waals surface area contributed by atoms with Crippen LogP contribution in [0.4, 0.5) is 15.9 Å². The predicted molar refractivity (Wildman–Crippen MR) is 134 cm³/mol. The van der Waals surface area contributed by atoms with Gasteiger partial charge in [0, 0.05) is 29.0 Å². The van der Waals surface area contributed by atoms with E-state index in [2.05, 4.69) is 27.1 Å². The topological polar surface area (TPSA) is 96.4 Å². The minimum Gasteiger partial charge on any atom is -0.495 e. The molecular formula is C26H28ClFN4O3. The van der Waals surface area contributed by atoms with Crippen molar-refractivity contribution in [3.8, 4) is 17.6 Å². The van der Waals surface area contributed by atoms with Crippen LogP contribution in [-0.4, -0.2) is 28.2 Å². The minimum atomic E-state index is -0.748. The second-order valence-corrected chi connectivity index (χ2v) is 10.1. The molecule has 1 heterocycles. The number of nitrogens with zero attached hydrogens (tertiary/aromatic N) is 2. The van der Waals surface area contributed by atoms with Crippen LogP contribution in [0.2, 0.25) is 5.02 Å². The third-order valence-corrected chi connectivity index (χ3v) is 5.86. The molecule has 0 spiro atoms. The second kappa shape index (κ2) is 10.5. The molecule has 0 saturated carbocycles. The molecule has 2 aromatic carbocycles. The Morgan fingerprint density at radius 3 is 2.60 bits per heavy atom. The molecule has 1 amide bonds. The fourth-order valence-corrected chi connectivity index (χ4v) is 4.21. The molecule has 35 heavy (non-hydrogen) atoms. The number of methoxy groups -OCH3 is 1. The van der Waals surface area contributed by atoms with Crippen molar-refractivity contribution in [2.75, 3.05) is 12.4 Å². The SMILES string of the molecule is COc1cc2ncnc(Nc3ccc(F)c(Cl)c3)c2cc1C#CCC(C)(C)CC(C)(C)C(=O)NO. The van der Waals surface area contributed by atoms with Crippen LogP contribution in [0.15, 0.2) is 36.7 Å². The number of halogens is 2. The zero-order chi connectivity index (χ0) is 25.8. The lowest BCUT2D eigenvalue weighted by molar-refractivity contribution is -0.139. The van der Waals surface area contributed by atoms with Gasteiger partial charge in [0.25, 0.3) is 0 Å². The van der Waals surface area contributed by atoms with Crippen molar-refractivity contribution in [3.05, 3.63) is 53.1 Å². The molecule has 184 valence electrons. The van der Waals surface area contributed by atoms with E-state index >= 15 is 0 Å². The summed E-state index contributed by atoms with van der Waals surface area (Å²) in [7, 11) is 1.56. The smallest absolute Gasteiger partial charge is 0.249 e. The summed E-state index contributed by atoms with van der Waals surface area (Å²) in [6.07, 6.45) is 2.46. The molecule has 0 atom stereocenters. The number of ether oxygens (including phenoxy) is 1. The number of carbonyl (C=O) groups is 1. The van der Waals surface area contributed by atoms with Gasteiger partial charge in [-0.1, -0.05) is 51.1 Å². The average molecular weight is 499 g/mol. The summed E-state index contributed by atoms with van der Waals surface area (Å²) in [5.41, 5.74) is 2.58. The third kappa shape index (κ3) is 6.38. The van der Waals surface area contributed by atoms with E-state index in [0.29, 0.717) is 46.6 Å². The number of nitrogens with one attached hydrogen (secondary N) is 2. The molecule has 0 fully saturated rings. The Morgan fingerprint density at radius 1 is 1.20 bits per heavy atom. The van der Waals surface area contributed by atoms with E-state index in [-0.39, 0.29) is 10.4 Å². The molecule has 3 aromatic rings. The number of rotatable bonds is 7. The number of hydrogen-bond donors (Lipinski definition) is 3. The van der Waals surface area contributed by atoms with Gasteiger partial charge in [-0.25, -0.2) is 19.8 Å². The lowest BCUT2D eigenvalue weighted by Gasteiger charge is -2.32. The maximum absolute atomic E-state index is 13.5. The fourth-order valence-electron chi connectivity index (χ4n) is 4.03. The fraction of sp³-hybridized carbons (Fsp3) is 0.346. The van der Waals surface area contributed by atoms with Crippen molar-refractivity contribution in [2.45, 2.75) is 40.5 Å². The predicted octanol–water partition coefficient (Wildman–Crippen LogP) is 5.86. The van der Waals surface area contributed by atoms with Crippen molar-refractivity contribution >= 4 is 39.9 Å². The molecular weight excluding hydrogens is 471 g/mol. The van der Waals surface area contributed by atoms with Gasteiger partial charge < -0.3 is 10.1 Å². The summed E-state index contributed by atoms with van der Waals surface area (Å²) in [5, 5.41) is 12.9. The van der Waals surface area contributed by atoms with Crippen molar-refractivity contribution in [1.29, 1.82) is 0 Å². The van der Waals surface area contributed by atoms with E-state index < -0.39 is 17.1 Å². The first-order valence-electron chi connectivity index (χ1n) is 10.9. The second-order valence-electron chi connectivity index (χ2n) is 9.69. The summed E-state index contributed by atoms with van der Waals surface area (Å²) in [4.78, 5) is 20.6. The Balaban J connectivity index is 1.91. The lowest BCUT2D eigenvalue weighted by atomic mass is 9.73. The van der Waals surface area contributed by atoms with E-state index in [4.69, 9.17) is 21.5 Å². The van der Waals surface area contributed by atoms with E-state index in [9.17, 15) is 9.18 Å². The number of hydrogen-bond acceptors (Lipinski definition) is 6. The van der Waals surface area contributed by atoms with Gasteiger partial charge in [-0.05, 0) is 36.1 Å². The molecule has 0 aliphatic carbocycles. The van der Waals surface area contributed by atoms with E-state index in [1.807, 2.05) is 19.9 Å². The molecule has 0 aliphatic rings. The van der Waals surface area contributed by atoms with Crippen LogP contribution in [-0.2, 0) is 4.79 Å². The van der Waals surface area contributed by atoms with Crippen LogP contribution < -0.4 is 15.5 Å². The van der Waals surface area contributed by atoms with Crippen LogP contribution in [0, 0.1) is 28.5 Å². The van der Waals surface area contributed by atoms with Crippen LogP contribution >= 0.6 is 11.6 Å². The van der Waals surface area contributed by atoms with E-state index in [0.717, 1.165) is 0 Å². The normalized spacial score (nSPS) is 11.5. The highest BCUT2D eigenvalue weighted by Gasteiger charge is 2.34. The molecule has 0 unspecified atom stereocenters. The quantitative estimate of drug-likeness (QED) is 0.214. The minimum absolute atomic E-state index is 0.00356. The molecule has 3 rings (SSSR count). The molecule has 0 saturated heterocycles. The summed E-state index contributed by atoms with van der Waals surface area (Å²) in [6.45, 7) is 7.61. The zero-order valence-electron chi connectivity index (χ0n) is 20.3. The first-order chi connectivity index (χ1) is 16.5. The molecule has 0 bridgehead atoms. The first-order valence-corrected chi connectivity index (χ1v) is 11.3. The van der Waals surface area contributed by atoms with Crippen LogP contribution in [0.3, 0.4) is 0 Å². The van der Waals surface area contributed by atoms with Crippen molar-refractivity contribution in [2.24, 2.45) is 10.8 Å². The monoisotopic (exact) mass is 498 g/mol. The number of amides is 1. The largest absolute Gasteiger partial charge is 0.495 e. The number of carbonyl (C=O) groups excluding carboxylic acids is 1. The zero-order valence-corrected chi connectivity index (χ0v) is 21.0. The van der Waals surface area contributed by atoms with Crippen LogP contribution in [0.25, 0.3) is 10.9 Å². The molecule has 0 aliphatic heterocycles. The summed E-state index contributed by atoms with van der Waals surface area (Å²) >= 11 is 5.91. The molecule has 0 radical (unpaired) electrons. The van der Waals surface area contributed by atoms with Crippen LogP contribution in [0.5, 0.6) is 5.75 Å². The highest BCUT2D eigenvalue weighted by atomic mass is 35.5. The highest BCUT2D eigenvalue weighted by Crippen LogP contribution is 2.36. The highest BCUT2D eigenvalue weighted by molar-refractivity contribution is 6.31. The van der Waals surface area contributed by atoms with Crippen molar-refractivity contribution in [1.82, 2.24) is 15.4 Å². The summed E-state index contributed by atoms with van der Waals surface area (Å²) in [5.74, 6) is 6.51. The third-order valence-electron chi connectivity index (χ3n) is 5.57. The molecule has 3 N–H and O–H groups in total. The van der Waals surface area contributed by atoms with E-state index in [1.54, 1.807) is 38.6 Å². The Morgan fingerprint density at radius 2 is 1.94 bits per heavy atom. The Labute approximate surface area is 209 Å². The van der Waals surface area contributed by atoms with Gasteiger partial charge in [0.05, 0.1) is 23.2 Å². The first kappa shape index (κ1) is 26.2. The van der Waals surface area contributed by atoms with Gasteiger partial charge in [-0.3, -0.25) is 10.0 Å². The van der Waals surface area contributed by atoms with E-state index in [1.165, 1.54) is 18.5 Å². The maximum Gasteiger partial charge on any atom is 0.249 e. The molecule has 9 heteroatoms. The van der Waals surface area contributed by atoms with Gasteiger partial charge in [0.1, 0.15) is 23.7 Å². The van der Waals surface area contributed by atoms with Gasteiger partial charge in [0.2, 0.25) is 5.91 Å². The Kier molecular flexibility index (Phi) is 7.83. The van der Waals surface area contributed by atoms with Crippen LogP contribution in [0.1, 0.15) is 46.1 Å². The van der Waals surface area contributed by atoms with Crippen molar-refractivity contribution in [3.63, 3.8) is 0 Å². The number of fused-ring (bicyclic) bond motifs is 1. The van der Waals surface area contributed by atoms with Gasteiger partial charge in [0.15, 0.2) is 0 Å². The van der Waals surface area contributed by atoms with Crippen molar-refractivity contribution < 1.29 is 19.1 Å². The molecule has 1 aromatic heterocycles. The molecule has 7 nitrogen and oxygen atoms in total. The number of anilines is 2. The standard InChI is InChI=1S/C26H28ClFN4O3/c1-25(2,14-26(3,4)24(33)32-34)10-6-7-16-11-18-21(13-22(16)35-5)29-15-30-23(18)31-17-8-9-20(28)19(27)12-17/h8-9,11-13,15,34H,10,14H2,1-5H3,(H,32,33)(H,29,30,31). The number of benzene rings is 2. The average Bonchev–Trinajstić information content (AvgIpc) is 2.80.